The summed E-state index contributed by atoms with van der Waals surface area (Å²) in [7, 11) is 0. The number of carbonyl (C=O) groups excluding carboxylic acids is 1. The molecule has 0 saturated heterocycles. The first-order chi connectivity index (χ1) is 24.4. The maximum Gasteiger partial charge on any atom is 0.490 e. The smallest absolute Gasteiger partial charge is 0.475 e. The van der Waals surface area contributed by atoms with Crippen LogP contribution in [0.5, 0.6) is 0 Å². The number of nitrogens with two attached hydrogens (primary N) is 1. The van der Waals surface area contributed by atoms with E-state index in [0.717, 1.165) is 87.8 Å². The van der Waals surface area contributed by atoms with Gasteiger partial charge in [0.05, 0.1) is 5.36 Å². The molecular weight excluding hydrogens is 698 g/mol. The number of carboxylic acids is 2. The number of unbranched alkanes of at least 4 members (excludes halogenated alkanes) is 3. The van der Waals surface area contributed by atoms with Crippen molar-refractivity contribution in [2.24, 2.45) is 10.7 Å². The number of nitrogens with zero attached hydrogens (tertiary/aromatic N) is 1. The topological polar surface area (TPSA) is 167 Å². The lowest BCUT2D eigenvalue weighted by Gasteiger charge is -2.20. The Labute approximate surface area is 296 Å². The Morgan fingerprint density at radius 2 is 1.42 bits per heavy atom. The predicted molar refractivity (Wildman–Crippen MR) is 185 cm³/mol. The largest absolute Gasteiger partial charge is 0.490 e. The molecular formula is C36H42F6N4O6. The minimum atomic E-state index is -5.08. The van der Waals surface area contributed by atoms with Crippen molar-refractivity contribution in [3.05, 3.63) is 70.6 Å². The number of amides is 1. The molecule has 284 valence electrons. The molecule has 0 radical (unpaired) electrons. The molecule has 0 saturated carbocycles. The quantitative estimate of drug-likeness (QED) is 0.0593. The van der Waals surface area contributed by atoms with Crippen LogP contribution in [-0.2, 0) is 9.59 Å². The van der Waals surface area contributed by atoms with Crippen LogP contribution in [0.3, 0.4) is 0 Å². The molecule has 0 bridgehead atoms. The van der Waals surface area contributed by atoms with Crippen LogP contribution in [0.15, 0.2) is 57.9 Å². The van der Waals surface area contributed by atoms with Gasteiger partial charge in [-0.05, 0) is 82.0 Å². The Morgan fingerprint density at radius 1 is 0.827 bits per heavy atom. The van der Waals surface area contributed by atoms with Crippen molar-refractivity contribution in [3.8, 4) is 22.5 Å². The van der Waals surface area contributed by atoms with Crippen LogP contribution < -0.4 is 21.7 Å². The lowest BCUT2D eigenvalue weighted by atomic mass is 9.89. The number of hydrogen-bond donors (Lipinski definition) is 5. The highest BCUT2D eigenvalue weighted by molar-refractivity contribution is 6.09. The summed E-state index contributed by atoms with van der Waals surface area (Å²) < 4.78 is 70.0. The number of carboxylic acid groups (broad SMARTS) is 2. The Hall–Kier alpha value is -5.12. The molecule has 0 unspecified atom stereocenters. The van der Waals surface area contributed by atoms with Crippen molar-refractivity contribution >= 4 is 34.5 Å². The summed E-state index contributed by atoms with van der Waals surface area (Å²) in [5.41, 5.74) is 13.2. The summed E-state index contributed by atoms with van der Waals surface area (Å²) in [6, 6.07) is 16.3. The van der Waals surface area contributed by atoms with Gasteiger partial charge >= 0.3 is 24.3 Å². The van der Waals surface area contributed by atoms with Gasteiger partial charge in [-0.1, -0.05) is 31.0 Å². The summed E-state index contributed by atoms with van der Waals surface area (Å²) in [4.78, 5) is 35.9. The van der Waals surface area contributed by atoms with E-state index >= 15 is 0 Å². The van der Waals surface area contributed by atoms with E-state index in [-0.39, 0.29) is 5.91 Å². The van der Waals surface area contributed by atoms with Gasteiger partial charge in [0.1, 0.15) is 11.3 Å². The predicted octanol–water partition coefficient (Wildman–Crippen LogP) is 7.69. The molecule has 1 heterocycles. The lowest BCUT2D eigenvalue weighted by Crippen LogP contribution is -2.25. The summed E-state index contributed by atoms with van der Waals surface area (Å²) in [6.45, 7) is 11.2. The standard InChI is InChI=1S/C32H40N4O2.2C2HF3O2/c1-5-34-27-19-29-25(17-21(27)3)31(26-18-22(4)28(35-6-2)20-30(26)38-29)23-13-9-10-14-24(23)32(37)36-16-12-8-7-11-15-33;2*3-2(4,5)1(6)7/h9-10,13-14,17-20,34H,5-8,11-12,15-16,33H2,1-4H3,(H,36,37);2*(H,6,7). The summed E-state index contributed by atoms with van der Waals surface area (Å²) in [6.07, 6.45) is -6.04. The van der Waals surface area contributed by atoms with Gasteiger partial charge in [-0.3, -0.25) is 9.79 Å². The molecule has 1 aliphatic carbocycles. The molecule has 0 fully saturated rings. The number of aryl methyl sites for hydroxylation is 2. The maximum atomic E-state index is 13.4. The van der Waals surface area contributed by atoms with Crippen LogP contribution in [0, 0.1) is 13.8 Å². The molecule has 16 heteroatoms. The number of alkyl halides is 6. The zero-order valence-electron chi connectivity index (χ0n) is 29.1. The van der Waals surface area contributed by atoms with E-state index < -0.39 is 24.3 Å². The highest BCUT2D eigenvalue weighted by Gasteiger charge is 2.39. The van der Waals surface area contributed by atoms with Crippen LogP contribution >= 0.6 is 0 Å². The molecule has 6 N–H and O–H groups in total. The van der Waals surface area contributed by atoms with Crippen molar-refractivity contribution in [1.29, 1.82) is 0 Å². The van der Waals surface area contributed by atoms with E-state index in [0.29, 0.717) is 25.2 Å². The molecule has 10 nitrogen and oxygen atoms in total. The van der Waals surface area contributed by atoms with Crippen LogP contribution in [0.2, 0.25) is 0 Å². The highest BCUT2D eigenvalue weighted by Crippen LogP contribution is 2.42. The fourth-order valence-electron chi connectivity index (χ4n) is 5.02. The van der Waals surface area contributed by atoms with Gasteiger partial charge in [0.25, 0.3) is 5.91 Å². The molecule has 2 aromatic rings. The Morgan fingerprint density at radius 3 is 1.98 bits per heavy atom. The van der Waals surface area contributed by atoms with Crippen LogP contribution in [0.4, 0.5) is 32.0 Å². The third-order valence-corrected chi connectivity index (χ3v) is 7.42. The van der Waals surface area contributed by atoms with E-state index in [4.69, 9.17) is 30.0 Å². The summed E-state index contributed by atoms with van der Waals surface area (Å²) in [5.74, 6) is -4.82. The Kier molecular flexibility index (Phi) is 16.1. The second-order valence-electron chi connectivity index (χ2n) is 11.4. The molecule has 1 amide bonds. The number of aliphatic carboxylic acids is 2. The second-order valence-corrected chi connectivity index (χ2v) is 11.4. The SMILES string of the molecule is CCN=c1cc2oc3cc(NCC)c(C)cc3c(-c3ccccc3C(=O)NCCCCCCN)c-2cc1C.O=C(O)C(F)(F)F.O=C(O)C(F)(F)F. The number of hydrogen-bond acceptors (Lipinski definition) is 7. The number of anilines is 1. The average molecular weight is 741 g/mol. The zero-order valence-corrected chi connectivity index (χ0v) is 29.1. The van der Waals surface area contributed by atoms with Crippen molar-refractivity contribution in [3.63, 3.8) is 0 Å². The van der Waals surface area contributed by atoms with Crippen molar-refractivity contribution in [2.75, 3.05) is 31.5 Å². The fraction of sp³-hybridized carbons (Fsp3) is 0.389. The van der Waals surface area contributed by atoms with Crippen LogP contribution in [-0.4, -0.2) is 66.6 Å². The monoisotopic (exact) mass is 740 g/mol. The molecule has 1 aliphatic heterocycles. The molecule has 2 aliphatic rings. The second kappa shape index (κ2) is 19.5. The molecule has 52 heavy (non-hydrogen) atoms. The molecule has 0 aromatic heterocycles. The minimum absolute atomic E-state index is 0.0585. The van der Waals surface area contributed by atoms with Crippen molar-refractivity contribution < 1.29 is 55.4 Å². The first kappa shape index (κ1) is 43.0. The highest BCUT2D eigenvalue weighted by atomic mass is 19.4. The summed E-state index contributed by atoms with van der Waals surface area (Å²) in [5, 5.41) is 22.7. The lowest BCUT2D eigenvalue weighted by molar-refractivity contribution is -0.193. The number of halogens is 6. The van der Waals surface area contributed by atoms with Crippen molar-refractivity contribution in [2.45, 2.75) is 65.7 Å². The number of nitrogens with one attached hydrogen (secondary N) is 2. The van der Waals surface area contributed by atoms with Gasteiger partial charge in [-0.2, -0.15) is 26.3 Å². The Bertz CT molecular complexity index is 1850. The van der Waals surface area contributed by atoms with E-state index in [1.807, 2.05) is 37.3 Å². The molecule has 0 atom stereocenters. The van der Waals surface area contributed by atoms with Gasteiger partial charge in [0.2, 0.25) is 0 Å². The van der Waals surface area contributed by atoms with E-state index in [1.54, 1.807) is 0 Å². The van der Waals surface area contributed by atoms with Crippen LogP contribution in [0.1, 0.15) is 61.0 Å². The van der Waals surface area contributed by atoms with Gasteiger partial charge in [0, 0.05) is 59.5 Å². The fourth-order valence-corrected chi connectivity index (χ4v) is 5.02. The van der Waals surface area contributed by atoms with Gasteiger partial charge in [-0.15, -0.1) is 0 Å². The molecule has 4 rings (SSSR count). The average Bonchev–Trinajstić information content (AvgIpc) is 3.06. The summed E-state index contributed by atoms with van der Waals surface area (Å²) >= 11 is 0. The van der Waals surface area contributed by atoms with Gasteiger partial charge < -0.3 is 31.0 Å². The molecule has 2 aromatic carbocycles. The van der Waals surface area contributed by atoms with Crippen LogP contribution in [0.25, 0.3) is 33.4 Å². The van der Waals surface area contributed by atoms with Crippen molar-refractivity contribution in [1.82, 2.24) is 5.32 Å². The normalized spacial score (nSPS) is 11.7. The number of fused-ring (bicyclic) bond motifs is 2. The maximum absolute atomic E-state index is 13.4. The first-order valence-corrected chi connectivity index (χ1v) is 16.3. The number of rotatable bonds is 11. The minimum Gasteiger partial charge on any atom is -0.475 e. The third kappa shape index (κ3) is 12.3. The van der Waals surface area contributed by atoms with Gasteiger partial charge in [-0.25, -0.2) is 9.59 Å². The third-order valence-electron chi connectivity index (χ3n) is 7.42. The van der Waals surface area contributed by atoms with E-state index in [2.05, 4.69) is 54.6 Å². The zero-order chi connectivity index (χ0) is 39.2. The van der Waals surface area contributed by atoms with E-state index in [9.17, 15) is 31.1 Å². The Balaban J connectivity index is 0.000000564. The number of carbonyl (C=O) groups is 3. The van der Waals surface area contributed by atoms with Gasteiger partial charge in [0.15, 0.2) is 0 Å². The molecule has 0 spiro atoms. The van der Waals surface area contributed by atoms with E-state index in [1.165, 1.54) is 0 Å². The number of benzene rings is 3. The first-order valence-electron chi connectivity index (χ1n) is 16.3.